The predicted molar refractivity (Wildman–Crippen MR) is 77.0 cm³/mol. The van der Waals surface area contributed by atoms with E-state index in [0.29, 0.717) is 19.7 Å². The van der Waals surface area contributed by atoms with E-state index in [1.54, 1.807) is 0 Å². The van der Waals surface area contributed by atoms with Gasteiger partial charge in [-0.25, -0.2) is 0 Å². The lowest BCUT2D eigenvalue weighted by Gasteiger charge is -2.26. The number of nitrogens with two attached hydrogens (primary N) is 1. The number of rotatable bonds is 7. The molecule has 1 unspecified atom stereocenters. The Balaban J connectivity index is 2.61. The molecular weight excluding hydrogens is 240 g/mol. The van der Waals surface area contributed by atoms with Crippen LogP contribution in [-0.4, -0.2) is 31.2 Å². The average Bonchev–Trinajstić information content (AvgIpc) is 2.39. The smallest absolute Gasteiger partial charge is 0.228 e. The van der Waals surface area contributed by atoms with Crippen LogP contribution in [0.3, 0.4) is 0 Å². The summed E-state index contributed by atoms with van der Waals surface area (Å²) in [4.78, 5) is 12.2. The summed E-state index contributed by atoms with van der Waals surface area (Å²) >= 11 is 0. The maximum Gasteiger partial charge on any atom is 0.228 e. The first-order valence-corrected chi connectivity index (χ1v) is 6.67. The van der Waals surface area contributed by atoms with Crippen LogP contribution in [-0.2, 0) is 9.53 Å². The van der Waals surface area contributed by atoms with E-state index in [1.807, 2.05) is 51.1 Å². The van der Waals surface area contributed by atoms with E-state index in [9.17, 15) is 4.79 Å². The van der Waals surface area contributed by atoms with E-state index in [0.717, 1.165) is 5.56 Å². The number of ether oxygens (including phenoxy) is 1. The SMILES string of the molecule is CCOC(C)(C)CNC(=O)C(CN)c1ccccc1. The standard InChI is InChI=1S/C15H24N2O2/c1-4-19-15(2,3)11-17-14(18)13(10-16)12-8-6-5-7-9-12/h5-9,13H,4,10-11,16H2,1-3H3,(H,17,18). The van der Waals surface area contributed by atoms with Crippen LogP contribution in [0, 0.1) is 0 Å². The first-order chi connectivity index (χ1) is 9.00. The molecule has 1 atom stereocenters. The van der Waals surface area contributed by atoms with Gasteiger partial charge in [-0.1, -0.05) is 30.3 Å². The van der Waals surface area contributed by atoms with E-state index < -0.39 is 0 Å². The highest BCUT2D eigenvalue weighted by molar-refractivity contribution is 5.83. The summed E-state index contributed by atoms with van der Waals surface area (Å²) in [6.45, 7) is 7.25. The Bertz CT molecular complexity index is 390. The summed E-state index contributed by atoms with van der Waals surface area (Å²) < 4.78 is 5.55. The molecule has 0 aliphatic carbocycles. The predicted octanol–water partition coefficient (Wildman–Crippen LogP) is 1.66. The van der Waals surface area contributed by atoms with Crippen molar-refractivity contribution in [3.8, 4) is 0 Å². The second-order valence-corrected chi connectivity index (χ2v) is 5.11. The normalized spacial score (nSPS) is 13.1. The van der Waals surface area contributed by atoms with Crippen molar-refractivity contribution in [2.45, 2.75) is 32.3 Å². The van der Waals surface area contributed by atoms with E-state index in [2.05, 4.69) is 5.32 Å². The Morgan fingerprint density at radius 3 is 2.53 bits per heavy atom. The number of benzene rings is 1. The van der Waals surface area contributed by atoms with Gasteiger partial charge in [-0.3, -0.25) is 4.79 Å². The van der Waals surface area contributed by atoms with Crippen molar-refractivity contribution < 1.29 is 9.53 Å². The number of hydrogen-bond acceptors (Lipinski definition) is 3. The van der Waals surface area contributed by atoms with Crippen molar-refractivity contribution in [1.29, 1.82) is 0 Å². The van der Waals surface area contributed by atoms with Crippen LogP contribution in [0.1, 0.15) is 32.3 Å². The Kier molecular flexibility index (Phi) is 5.99. The molecule has 0 heterocycles. The minimum atomic E-state index is -0.361. The molecule has 3 N–H and O–H groups in total. The Labute approximate surface area is 115 Å². The lowest BCUT2D eigenvalue weighted by atomic mass is 9.98. The summed E-state index contributed by atoms with van der Waals surface area (Å²) in [7, 11) is 0. The van der Waals surface area contributed by atoms with Gasteiger partial charge in [0.25, 0.3) is 0 Å². The highest BCUT2D eigenvalue weighted by Crippen LogP contribution is 2.15. The summed E-state index contributed by atoms with van der Waals surface area (Å²) in [5.74, 6) is -0.361. The fraction of sp³-hybridized carbons (Fsp3) is 0.533. The highest BCUT2D eigenvalue weighted by atomic mass is 16.5. The van der Waals surface area contributed by atoms with Crippen LogP contribution >= 0.6 is 0 Å². The fourth-order valence-electron chi connectivity index (χ4n) is 1.94. The van der Waals surface area contributed by atoms with Gasteiger partial charge in [-0.2, -0.15) is 0 Å². The third-order valence-corrected chi connectivity index (χ3v) is 2.98. The molecule has 4 nitrogen and oxygen atoms in total. The molecule has 1 rings (SSSR count). The third kappa shape index (κ3) is 5.01. The second kappa shape index (κ2) is 7.26. The Hall–Kier alpha value is -1.39. The van der Waals surface area contributed by atoms with Crippen LogP contribution in [0.2, 0.25) is 0 Å². The molecule has 0 aliphatic rings. The van der Waals surface area contributed by atoms with Gasteiger partial charge in [-0.15, -0.1) is 0 Å². The topological polar surface area (TPSA) is 64.3 Å². The van der Waals surface area contributed by atoms with E-state index in [4.69, 9.17) is 10.5 Å². The van der Waals surface area contributed by atoms with Gasteiger partial charge >= 0.3 is 0 Å². The molecule has 0 aromatic heterocycles. The average molecular weight is 264 g/mol. The molecule has 0 saturated carbocycles. The van der Waals surface area contributed by atoms with Crippen molar-refractivity contribution in [2.75, 3.05) is 19.7 Å². The number of carbonyl (C=O) groups excluding carboxylic acids is 1. The van der Waals surface area contributed by atoms with Crippen molar-refractivity contribution in [2.24, 2.45) is 5.73 Å². The maximum atomic E-state index is 12.2. The minimum absolute atomic E-state index is 0.0542. The van der Waals surface area contributed by atoms with E-state index in [-0.39, 0.29) is 17.4 Å². The summed E-state index contributed by atoms with van der Waals surface area (Å²) in [6, 6.07) is 9.59. The molecule has 106 valence electrons. The quantitative estimate of drug-likeness (QED) is 0.787. The molecule has 0 aliphatic heterocycles. The zero-order chi connectivity index (χ0) is 14.3. The summed E-state index contributed by atoms with van der Waals surface area (Å²) in [5, 5.41) is 2.91. The molecular formula is C15H24N2O2. The Morgan fingerprint density at radius 2 is 2.00 bits per heavy atom. The largest absolute Gasteiger partial charge is 0.374 e. The molecule has 0 spiro atoms. The Morgan fingerprint density at radius 1 is 1.37 bits per heavy atom. The number of nitrogens with one attached hydrogen (secondary N) is 1. The van der Waals surface area contributed by atoms with Crippen molar-refractivity contribution in [3.05, 3.63) is 35.9 Å². The summed E-state index contributed by atoms with van der Waals surface area (Å²) in [5.41, 5.74) is 6.29. The first kappa shape index (κ1) is 15.7. The number of amides is 1. The van der Waals surface area contributed by atoms with Gasteiger partial charge in [0.15, 0.2) is 0 Å². The van der Waals surface area contributed by atoms with Crippen LogP contribution in [0.15, 0.2) is 30.3 Å². The number of hydrogen-bond donors (Lipinski definition) is 2. The molecule has 0 saturated heterocycles. The second-order valence-electron chi connectivity index (χ2n) is 5.11. The molecule has 1 aromatic rings. The van der Waals surface area contributed by atoms with Gasteiger partial charge < -0.3 is 15.8 Å². The molecule has 1 aromatic carbocycles. The van der Waals surface area contributed by atoms with Gasteiger partial charge in [-0.05, 0) is 26.3 Å². The monoisotopic (exact) mass is 264 g/mol. The fourth-order valence-corrected chi connectivity index (χ4v) is 1.94. The lowest BCUT2D eigenvalue weighted by Crippen LogP contribution is -2.43. The third-order valence-electron chi connectivity index (χ3n) is 2.98. The van der Waals surface area contributed by atoms with Crippen LogP contribution in [0.4, 0.5) is 0 Å². The van der Waals surface area contributed by atoms with Crippen LogP contribution in [0.25, 0.3) is 0 Å². The molecule has 0 fully saturated rings. The molecule has 0 bridgehead atoms. The molecule has 19 heavy (non-hydrogen) atoms. The maximum absolute atomic E-state index is 12.2. The van der Waals surface area contributed by atoms with E-state index in [1.165, 1.54) is 0 Å². The van der Waals surface area contributed by atoms with Crippen LogP contribution < -0.4 is 11.1 Å². The highest BCUT2D eigenvalue weighted by Gasteiger charge is 2.23. The van der Waals surface area contributed by atoms with Gasteiger partial charge in [0.1, 0.15) is 0 Å². The first-order valence-electron chi connectivity index (χ1n) is 6.67. The van der Waals surface area contributed by atoms with Gasteiger partial charge in [0.05, 0.1) is 11.5 Å². The van der Waals surface area contributed by atoms with Crippen molar-refractivity contribution >= 4 is 5.91 Å². The molecule has 0 radical (unpaired) electrons. The molecule has 4 heteroatoms. The number of carbonyl (C=O) groups is 1. The van der Waals surface area contributed by atoms with E-state index >= 15 is 0 Å². The molecule has 1 amide bonds. The summed E-state index contributed by atoms with van der Waals surface area (Å²) in [6.07, 6.45) is 0. The zero-order valence-electron chi connectivity index (χ0n) is 12.0. The zero-order valence-corrected chi connectivity index (χ0v) is 12.0. The van der Waals surface area contributed by atoms with Crippen molar-refractivity contribution in [1.82, 2.24) is 5.32 Å². The van der Waals surface area contributed by atoms with Gasteiger partial charge in [0, 0.05) is 19.7 Å². The lowest BCUT2D eigenvalue weighted by molar-refractivity contribution is -0.124. The van der Waals surface area contributed by atoms with Gasteiger partial charge in [0.2, 0.25) is 5.91 Å². The van der Waals surface area contributed by atoms with Crippen LogP contribution in [0.5, 0.6) is 0 Å². The van der Waals surface area contributed by atoms with Crippen molar-refractivity contribution in [3.63, 3.8) is 0 Å². The minimum Gasteiger partial charge on any atom is -0.374 e.